The second-order valence-corrected chi connectivity index (χ2v) is 10.5. The van der Waals surface area contributed by atoms with Gasteiger partial charge in [-0.05, 0) is 42.5 Å². The molecule has 4 heterocycles. The van der Waals surface area contributed by atoms with E-state index in [-0.39, 0.29) is 12.0 Å². The van der Waals surface area contributed by atoms with Crippen molar-refractivity contribution in [1.29, 1.82) is 5.26 Å². The van der Waals surface area contributed by atoms with Gasteiger partial charge in [0.1, 0.15) is 30.3 Å². The van der Waals surface area contributed by atoms with Gasteiger partial charge in [-0.25, -0.2) is 0 Å². The van der Waals surface area contributed by atoms with Crippen molar-refractivity contribution in [2.45, 2.75) is 18.9 Å². The largest absolute Gasteiger partial charge is 0.495 e. The highest BCUT2D eigenvalue weighted by molar-refractivity contribution is 5.96. The average Bonchev–Trinajstić information content (AvgIpc) is 3.50. The molecular formula is C32H33N5O5. The van der Waals surface area contributed by atoms with Gasteiger partial charge in [0.25, 0.3) is 0 Å². The fourth-order valence-electron chi connectivity index (χ4n) is 5.72. The summed E-state index contributed by atoms with van der Waals surface area (Å²) in [4.78, 5) is 23.9. The van der Waals surface area contributed by atoms with Crippen molar-refractivity contribution in [3.8, 4) is 40.1 Å². The molecule has 42 heavy (non-hydrogen) atoms. The number of pyridine rings is 1. The first kappa shape index (κ1) is 27.6. The highest BCUT2D eigenvalue weighted by atomic mass is 16.5. The van der Waals surface area contributed by atoms with Gasteiger partial charge in [0, 0.05) is 72.9 Å². The van der Waals surface area contributed by atoms with Crippen molar-refractivity contribution in [1.82, 2.24) is 14.9 Å². The Morgan fingerprint density at radius 1 is 1.07 bits per heavy atom. The standard InChI is InChI=1S/C32H33N5O5/c1-40-30-17-21(2-4-28(30)36-12-14-41-15-13-36)27-18-25-26(35-27)6-9-34-32(25)22-3-5-29(23(16-22)19-33)42-24-7-10-37(11-8-24)31(39)20-38/h2-6,9,16-18,24,35,38H,7-8,10-15,20H2,1H3. The molecule has 0 bridgehead atoms. The van der Waals surface area contributed by atoms with Crippen molar-refractivity contribution in [2.24, 2.45) is 0 Å². The second-order valence-electron chi connectivity index (χ2n) is 10.5. The molecule has 0 aliphatic carbocycles. The van der Waals surface area contributed by atoms with Gasteiger partial charge in [0.05, 0.1) is 37.3 Å². The Hall–Kier alpha value is -4.59. The number of nitrogens with one attached hydrogen (secondary N) is 1. The lowest BCUT2D eigenvalue weighted by molar-refractivity contribution is -0.135. The maximum atomic E-state index is 11.8. The van der Waals surface area contributed by atoms with E-state index in [0.717, 1.165) is 57.9 Å². The molecule has 0 unspecified atom stereocenters. The number of ether oxygens (including phenoxy) is 3. The number of carbonyl (C=O) groups is 1. The van der Waals surface area contributed by atoms with Crippen LogP contribution in [0.15, 0.2) is 54.7 Å². The number of likely N-dealkylation sites (tertiary alicyclic amines) is 1. The Kier molecular flexibility index (Phi) is 7.95. The summed E-state index contributed by atoms with van der Waals surface area (Å²) in [6, 6.07) is 18.1. The van der Waals surface area contributed by atoms with E-state index < -0.39 is 6.61 Å². The van der Waals surface area contributed by atoms with Crippen LogP contribution < -0.4 is 14.4 Å². The number of nitriles is 1. The number of piperidine rings is 1. The number of carbonyl (C=O) groups excluding carboxylic acids is 1. The molecule has 216 valence electrons. The Balaban J connectivity index is 1.25. The summed E-state index contributed by atoms with van der Waals surface area (Å²) >= 11 is 0. The quantitative estimate of drug-likeness (QED) is 0.344. The Morgan fingerprint density at radius 2 is 1.86 bits per heavy atom. The minimum Gasteiger partial charge on any atom is -0.495 e. The summed E-state index contributed by atoms with van der Waals surface area (Å²) < 4.78 is 17.4. The zero-order valence-corrected chi connectivity index (χ0v) is 23.5. The van der Waals surface area contributed by atoms with Crippen LogP contribution in [0.1, 0.15) is 18.4 Å². The number of aromatic nitrogens is 2. The van der Waals surface area contributed by atoms with Gasteiger partial charge < -0.3 is 34.1 Å². The molecule has 2 aromatic carbocycles. The second kappa shape index (κ2) is 12.1. The molecule has 0 radical (unpaired) electrons. The van der Waals surface area contributed by atoms with E-state index in [1.54, 1.807) is 18.2 Å². The molecule has 2 fully saturated rings. The number of benzene rings is 2. The first-order chi connectivity index (χ1) is 20.6. The zero-order valence-electron chi connectivity index (χ0n) is 23.5. The van der Waals surface area contributed by atoms with Gasteiger partial charge in [-0.2, -0.15) is 5.26 Å². The Morgan fingerprint density at radius 3 is 2.60 bits per heavy atom. The van der Waals surface area contributed by atoms with E-state index in [1.807, 2.05) is 30.3 Å². The first-order valence-corrected chi connectivity index (χ1v) is 14.2. The summed E-state index contributed by atoms with van der Waals surface area (Å²) in [6.45, 7) is 3.63. The van der Waals surface area contributed by atoms with E-state index in [4.69, 9.17) is 19.3 Å². The van der Waals surface area contributed by atoms with Gasteiger partial charge in [-0.15, -0.1) is 0 Å². The highest BCUT2D eigenvalue weighted by Crippen LogP contribution is 2.37. The van der Waals surface area contributed by atoms with E-state index >= 15 is 0 Å². The molecule has 4 aromatic rings. The van der Waals surface area contributed by atoms with Crippen LogP contribution >= 0.6 is 0 Å². The maximum Gasteiger partial charge on any atom is 0.248 e. The molecule has 0 spiro atoms. The normalized spacial score (nSPS) is 15.9. The molecule has 10 heteroatoms. The number of fused-ring (bicyclic) bond motifs is 1. The van der Waals surface area contributed by atoms with Crippen LogP contribution in [0.3, 0.4) is 0 Å². The number of aliphatic hydroxyl groups excluding tert-OH is 1. The predicted octanol–water partition coefficient (Wildman–Crippen LogP) is 3.98. The fraction of sp³-hybridized carbons (Fsp3) is 0.344. The van der Waals surface area contributed by atoms with E-state index in [0.29, 0.717) is 50.5 Å². The Labute approximate surface area is 244 Å². The summed E-state index contributed by atoms with van der Waals surface area (Å²) in [6.07, 6.45) is 2.94. The molecule has 2 saturated heterocycles. The molecule has 10 nitrogen and oxygen atoms in total. The maximum absolute atomic E-state index is 11.8. The van der Waals surface area contributed by atoms with Crippen LogP contribution in [-0.4, -0.2) is 85.1 Å². The van der Waals surface area contributed by atoms with E-state index in [1.165, 1.54) is 0 Å². The highest BCUT2D eigenvalue weighted by Gasteiger charge is 2.24. The van der Waals surface area contributed by atoms with E-state index in [9.17, 15) is 10.1 Å². The third kappa shape index (κ3) is 5.49. The number of amides is 1. The molecule has 2 aromatic heterocycles. The average molecular weight is 568 g/mol. The van der Waals surface area contributed by atoms with Crippen LogP contribution in [-0.2, 0) is 9.53 Å². The van der Waals surface area contributed by atoms with Gasteiger partial charge in [-0.3, -0.25) is 9.78 Å². The van der Waals surface area contributed by atoms with Crippen LogP contribution in [0, 0.1) is 11.3 Å². The topological polar surface area (TPSA) is 124 Å². The number of hydrogen-bond acceptors (Lipinski definition) is 8. The van der Waals surface area contributed by atoms with Crippen molar-refractivity contribution in [2.75, 3.05) is 58.0 Å². The van der Waals surface area contributed by atoms with Crippen molar-refractivity contribution < 1.29 is 24.1 Å². The van der Waals surface area contributed by atoms with Crippen LogP contribution in [0.5, 0.6) is 11.5 Å². The minimum atomic E-state index is -0.482. The molecule has 2 N–H and O–H groups in total. The fourth-order valence-corrected chi connectivity index (χ4v) is 5.72. The number of nitrogens with zero attached hydrogens (tertiary/aromatic N) is 4. The molecule has 2 aliphatic rings. The lowest BCUT2D eigenvalue weighted by Crippen LogP contribution is -2.42. The molecule has 1 amide bonds. The molecule has 0 atom stereocenters. The number of aromatic amines is 1. The van der Waals surface area contributed by atoms with Crippen molar-refractivity contribution in [3.63, 3.8) is 0 Å². The lowest BCUT2D eigenvalue weighted by atomic mass is 10.0. The van der Waals surface area contributed by atoms with Crippen molar-refractivity contribution >= 4 is 22.5 Å². The number of H-pyrrole nitrogens is 1. The predicted molar refractivity (Wildman–Crippen MR) is 159 cm³/mol. The molecular weight excluding hydrogens is 534 g/mol. The lowest BCUT2D eigenvalue weighted by Gasteiger charge is -2.32. The van der Waals surface area contributed by atoms with Crippen molar-refractivity contribution in [3.05, 3.63) is 60.3 Å². The third-order valence-corrected chi connectivity index (χ3v) is 7.99. The minimum absolute atomic E-state index is 0.105. The Bertz CT molecular complexity index is 1630. The van der Waals surface area contributed by atoms with Gasteiger partial charge in [-0.1, -0.05) is 6.07 Å². The molecule has 0 saturated carbocycles. The number of aliphatic hydroxyl groups is 1. The third-order valence-electron chi connectivity index (χ3n) is 7.99. The molecule has 2 aliphatic heterocycles. The summed E-state index contributed by atoms with van der Waals surface area (Å²) in [5, 5.41) is 20.0. The van der Waals surface area contributed by atoms with Crippen LogP contribution in [0.25, 0.3) is 33.4 Å². The number of morpholine rings is 1. The number of methoxy groups -OCH3 is 1. The summed E-state index contributed by atoms with van der Waals surface area (Å²) in [7, 11) is 1.69. The number of anilines is 1. The van der Waals surface area contributed by atoms with Gasteiger partial charge in [0.15, 0.2) is 0 Å². The van der Waals surface area contributed by atoms with Crippen LogP contribution in [0.2, 0.25) is 0 Å². The summed E-state index contributed by atoms with van der Waals surface area (Å²) in [5.41, 5.74) is 5.95. The first-order valence-electron chi connectivity index (χ1n) is 14.2. The van der Waals surface area contributed by atoms with Crippen LogP contribution in [0.4, 0.5) is 5.69 Å². The summed E-state index contributed by atoms with van der Waals surface area (Å²) in [5.74, 6) is 1.06. The van der Waals surface area contributed by atoms with Gasteiger partial charge >= 0.3 is 0 Å². The zero-order chi connectivity index (χ0) is 29.1. The number of rotatable bonds is 7. The smallest absolute Gasteiger partial charge is 0.248 e. The van der Waals surface area contributed by atoms with Gasteiger partial charge in [0.2, 0.25) is 5.91 Å². The molecule has 6 rings (SSSR count). The van der Waals surface area contributed by atoms with E-state index in [2.05, 4.69) is 39.1 Å². The monoisotopic (exact) mass is 567 g/mol. The SMILES string of the molecule is COc1cc(-c2cc3c(-c4ccc(OC5CCN(C(=O)CO)CC5)c(C#N)c4)nccc3[nH]2)ccc1N1CCOCC1. The number of hydrogen-bond donors (Lipinski definition) is 2.